The number of rotatable bonds is 2. The first-order chi connectivity index (χ1) is 11.9. The summed E-state index contributed by atoms with van der Waals surface area (Å²) in [7, 11) is -3.08. The summed E-state index contributed by atoms with van der Waals surface area (Å²) in [6, 6.07) is 15.7. The monoisotopic (exact) mass is 372 g/mol. The Labute approximate surface area is 154 Å². The van der Waals surface area contributed by atoms with Crippen LogP contribution in [0.25, 0.3) is 0 Å². The minimum Gasteiger partial charge on any atom is -0.312 e. The molecule has 2 aliphatic rings. The standard InChI is InChI=1S/C19H20N2O2S2/c1-13-7-6-10-16(14(13)2)21-18-12-25(22,23)11-17(18)20(19(21)24)15-8-4-3-5-9-15/h3-10,17-18H,11-12H2,1-2H3/t17-,18-/m0/s1. The fourth-order valence-electron chi connectivity index (χ4n) is 3.87. The van der Waals surface area contributed by atoms with Gasteiger partial charge in [0, 0.05) is 11.4 Å². The second-order valence-corrected chi connectivity index (χ2v) is 9.31. The maximum atomic E-state index is 12.4. The number of thiocarbonyl (C=S) groups is 1. The molecule has 0 unspecified atom stereocenters. The minimum absolute atomic E-state index is 0.139. The van der Waals surface area contributed by atoms with Gasteiger partial charge in [0.1, 0.15) is 0 Å². The minimum atomic E-state index is -3.08. The third-order valence-electron chi connectivity index (χ3n) is 5.24. The van der Waals surface area contributed by atoms with Gasteiger partial charge in [-0.15, -0.1) is 0 Å². The molecule has 2 heterocycles. The van der Waals surface area contributed by atoms with Gasteiger partial charge in [0.15, 0.2) is 14.9 Å². The lowest BCUT2D eigenvalue weighted by atomic mass is 10.1. The molecule has 130 valence electrons. The molecule has 0 saturated carbocycles. The van der Waals surface area contributed by atoms with E-state index in [-0.39, 0.29) is 23.6 Å². The van der Waals surface area contributed by atoms with Crippen molar-refractivity contribution >= 4 is 38.5 Å². The van der Waals surface area contributed by atoms with Crippen molar-refractivity contribution < 1.29 is 8.42 Å². The summed E-state index contributed by atoms with van der Waals surface area (Å²) in [5, 5.41) is 0.685. The number of nitrogens with zero attached hydrogens (tertiary/aromatic N) is 2. The molecular weight excluding hydrogens is 352 g/mol. The maximum absolute atomic E-state index is 12.4. The van der Waals surface area contributed by atoms with E-state index in [1.54, 1.807) is 0 Å². The van der Waals surface area contributed by atoms with Crippen LogP contribution in [0.15, 0.2) is 48.5 Å². The summed E-state index contributed by atoms with van der Waals surface area (Å²) in [6.45, 7) is 4.13. The van der Waals surface area contributed by atoms with Crippen LogP contribution in [0.5, 0.6) is 0 Å². The van der Waals surface area contributed by atoms with Gasteiger partial charge in [-0.2, -0.15) is 0 Å². The van der Waals surface area contributed by atoms with Crippen LogP contribution in [0.1, 0.15) is 11.1 Å². The second-order valence-electron chi connectivity index (χ2n) is 6.79. The zero-order valence-electron chi connectivity index (χ0n) is 14.2. The normalized spacial score (nSPS) is 24.6. The Balaban J connectivity index is 1.85. The number of sulfone groups is 1. The van der Waals surface area contributed by atoms with Crippen LogP contribution in [-0.4, -0.2) is 37.1 Å². The third-order valence-corrected chi connectivity index (χ3v) is 7.33. The highest BCUT2D eigenvalue weighted by atomic mass is 32.2. The van der Waals surface area contributed by atoms with Crippen LogP contribution >= 0.6 is 12.2 Å². The predicted octanol–water partition coefficient (Wildman–Crippen LogP) is 3.08. The average Bonchev–Trinajstić information content (AvgIpc) is 3.00. The van der Waals surface area contributed by atoms with Gasteiger partial charge in [-0.1, -0.05) is 30.3 Å². The number of aryl methyl sites for hydroxylation is 1. The fraction of sp³-hybridized carbons (Fsp3) is 0.316. The van der Waals surface area contributed by atoms with E-state index in [4.69, 9.17) is 12.2 Å². The number of hydrogen-bond acceptors (Lipinski definition) is 3. The zero-order chi connectivity index (χ0) is 17.8. The first-order valence-corrected chi connectivity index (χ1v) is 10.6. The molecule has 2 fully saturated rings. The quantitative estimate of drug-likeness (QED) is 0.758. The molecule has 2 aromatic carbocycles. The topological polar surface area (TPSA) is 40.6 Å². The van der Waals surface area contributed by atoms with Crippen LogP contribution in [0.4, 0.5) is 11.4 Å². The lowest BCUT2D eigenvalue weighted by Gasteiger charge is -2.27. The molecule has 4 nitrogen and oxygen atoms in total. The van der Waals surface area contributed by atoms with E-state index in [1.807, 2.05) is 47.4 Å². The van der Waals surface area contributed by atoms with Gasteiger partial charge in [0.05, 0.1) is 23.6 Å². The molecule has 0 aliphatic carbocycles. The Hall–Kier alpha value is -1.92. The van der Waals surface area contributed by atoms with E-state index < -0.39 is 9.84 Å². The molecule has 6 heteroatoms. The Kier molecular flexibility index (Phi) is 3.85. The first-order valence-electron chi connectivity index (χ1n) is 8.33. The third kappa shape index (κ3) is 2.64. The smallest absolute Gasteiger partial charge is 0.181 e. The Morgan fingerprint density at radius 2 is 1.56 bits per heavy atom. The van der Waals surface area contributed by atoms with Crippen molar-refractivity contribution in [1.82, 2.24) is 0 Å². The second kappa shape index (κ2) is 5.81. The van der Waals surface area contributed by atoms with Crippen LogP contribution in [0.3, 0.4) is 0 Å². The Morgan fingerprint density at radius 3 is 2.24 bits per heavy atom. The lowest BCUT2D eigenvalue weighted by molar-refractivity contribution is 0.601. The Morgan fingerprint density at radius 1 is 0.920 bits per heavy atom. The summed E-state index contributed by atoms with van der Waals surface area (Å²) in [4.78, 5) is 4.08. The van der Waals surface area contributed by atoms with Crippen LogP contribution in [-0.2, 0) is 9.84 Å². The van der Waals surface area contributed by atoms with Crippen molar-refractivity contribution in [2.24, 2.45) is 0 Å². The highest BCUT2D eigenvalue weighted by Gasteiger charge is 2.52. The van der Waals surface area contributed by atoms with Crippen molar-refractivity contribution in [3.63, 3.8) is 0 Å². The van der Waals surface area contributed by atoms with Crippen molar-refractivity contribution in [2.75, 3.05) is 21.3 Å². The summed E-state index contributed by atoms with van der Waals surface area (Å²) in [5.74, 6) is 0.294. The van der Waals surface area contributed by atoms with Crippen molar-refractivity contribution in [3.05, 3.63) is 59.7 Å². The number of anilines is 2. The van der Waals surface area contributed by atoms with Crippen LogP contribution < -0.4 is 9.80 Å². The molecule has 25 heavy (non-hydrogen) atoms. The highest BCUT2D eigenvalue weighted by molar-refractivity contribution is 7.91. The van der Waals surface area contributed by atoms with Gasteiger partial charge >= 0.3 is 0 Å². The fourth-order valence-corrected chi connectivity index (χ4v) is 6.27. The van der Waals surface area contributed by atoms with Crippen LogP contribution in [0, 0.1) is 13.8 Å². The first kappa shape index (κ1) is 16.5. The van der Waals surface area contributed by atoms with E-state index in [0.29, 0.717) is 5.11 Å². The molecule has 0 spiro atoms. The van der Waals surface area contributed by atoms with E-state index in [0.717, 1.165) is 16.9 Å². The van der Waals surface area contributed by atoms with Gasteiger partial charge in [0.2, 0.25) is 0 Å². The summed E-state index contributed by atoms with van der Waals surface area (Å²) in [5.41, 5.74) is 4.28. The van der Waals surface area contributed by atoms with Crippen molar-refractivity contribution in [3.8, 4) is 0 Å². The highest BCUT2D eigenvalue weighted by Crippen LogP contribution is 2.39. The summed E-state index contributed by atoms with van der Waals surface area (Å²) >= 11 is 5.82. The van der Waals surface area contributed by atoms with Gasteiger partial charge in [-0.05, 0) is 55.4 Å². The number of para-hydroxylation sites is 1. The maximum Gasteiger partial charge on any atom is 0.181 e. The molecule has 2 atom stereocenters. The van der Waals surface area contributed by atoms with E-state index >= 15 is 0 Å². The average molecular weight is 373 g/mol. The van der Waals surface area contributed by atoms with Gasteiger partial charge in [-0.25, -0.2) is 8.42 Å². The van der Waals surface area contributed by atoms with Crippen LogP contribution in [0.2, 0.25) is 0 Å². The van der Waals surface area contributed by atoms with Crippen molar-refractivity contribution in [1.29, 1.82) is 0 Å². The molecule has 0 amide bonds. The van der Waals surface area contributed by atoms with E-state index in [9.17, 15) is 8.42 Å². The van der Waals surface area contributed by atoms with Gasteiger partial charge in [0.25, 0.3) is 0 Å². The number of fused-ring (bicyclic) bond motifs is 1. The molecule has 0 aromatic heterocycles. The summed E-state index contributed by atoms with van der Waals surface area (Å²) < 4.78 is 24.7. The van der Waals surface area contributed by atoms with Gasteiger partial charge < -0.3 is 9.80 Å². The number of hydrogen-bond donors (Lipinski definition) is 0. The largest absolute Gasteiger partial charge is 0.312 e. The van der Waals surface area contributed by atoms with E-state index in [2.05, 4.69) is 24.8 Å². The molecule has 4 rings (SSSR count). The lowest BCUT2D eigenvalue weighted by Crippen LogP contribution is -2.38. The SMILES string of the molecule is Cc1cccc(N2C(=S)N(c3ccccc3)[C@H]3CS(=O)(=O)C[C@@H]32)c1C. The molecule has 2 aromatic rings. The van der Waals surface area contributed by atoms with Crippen molar-refractivity contribution in [2.45, 2.75) is 25.9 Å². The predicted molar refractivity (Wildman–Crippen MR) is 106 cm³/mol. The molecular formula is C19H20N2O2S2. The summed E-state index contributed by atoms with van der Waals surface area (Å²) in [6.07, 6.45) is 0. The molecule has 0 bridgehead atoms. The molecule has 0 radical (unpaired) electrons. The van der Waals surface area contributed by atoms with E-state index in [1.165, 1.54) is 5.56 Å². The molecule has 0 N–H and O–H groups in total. The zero-order valence-corrected chi connectivity index (χ0v) is 15.8. The molecule has 2 saturated heterocycles. The molecule has 2 aliphatic heterocycles. The Bertz CT molecular complexity index is 941. The number of benzene rings is 2. The van der Waals surface area contributed by atoms with Gasteiger partial charge in [-0.3, -0.25) is 0 Å².